The second-order valence-corrected chi connectivity index (χ2v) is 7.84. The normalized spacial score (nSPS) is 16.1. The van der Waals surface area contributed by atoms with E-state index in [0.717, 1.165) is 5.82 Å². The van der Waals surface area contributed by atoms with Gasteiger partial charge >= 0.3 is 0 Å². The zero-order chi connectivity index (χ0) is 17.2. The van der Waals surface area contributed by atoms with Crippen LogP contribution in [0.4, 0.5) is 5.82 Å². The number of hydrogen-bond donors (Lipinski definition) is 2. The van der Waals surface area contributed by atoms with E-state index in [4.69, 9.17) is 5.14 Å². The highest BCUT2D eigenvalue weighted by atomic mass is 32.2. The van der Waals surface area contributed by atoms with Crippen LogP contribution in [-0.4, -0.2) is 24.7 Å². The van der Waals surface area contributed by atoms with Crippen LogP contribution in [0.1, 0.15) is 37.7 Å². The molecule has 1 heterocycles. The second-order valence-electron chi connectivity index (χ2n) is 6.31. The molecule has 0 aliphatic heterocycles. The molecule has 0 radical (unpaired) electrons. The fourth-order valence-electron chi connectivity index (χ4n) is 3.09. The lowest BCUT2D eigenvalue weighted by Crippen LogP contribution is -2.22. The number of nitrogens with two attached hydrogens (primary N) is 1. The average Bonchev–Trinajstić information content (AvgIpc) is 2.56. The van der Waals surface area contributed by atoms with Gasteiger partial charge in [0.25, 0.3) is 0 Å². The van der Waals surface area contributed by atoms with Crippen LogP contribution < -0.4 is 10.5 Å². The van der Waals surface area contributed by atoms with Gasteiger partial charge in [-0.2, -0.15) is 0 Å². The Labute approximate surface area is 142 Å². The Bertz CT molecular complexity index is 813. The van der Waals surface area contributed by atoms with Gasteiger partial charge in [0.1, 0.15) is 5.82 Å². The van der Waals surface area contributed by atoms with Gasteiger partial charge in [0, 0.05) is 11.6 Å². The van der Waals surface area contributed by atoms with Crippen LogP contribution in [0.5, 0.6) is 0 Å². The molecule has 6 nitrogen and oxygen atoms in total. The second kappa shape index (κ2) is 6.86. The maximum atomic E-state index is 11.6. The number of benzene rings is 1. The number of hydrogen-bond acceptors (Lipinski definition) is 5. The van der Waals surface area contributed by atoms with Crippen molar-refractivity contribution in [2.24, 2.45) is 5.14 Å². The van der Waals surface area contributed by atoms with Gasteiger partial charge in [-0.05, 0) is 43.5 Å². The summed E-state index contributed by atoms with van der Waals surface area (Å²) in [5.41, 5.74) is 1.92. The van der Waals surface area contributed by atoms with Crippen molar-refractivity contribution in [3.05, 3.63) is 35.9 Å². The number of nitrogens with one attached hydrogen (secondary N) is 1. The molecule has 1 aromatic carbocycles. The molecule has 0 saturated heterocycles. The van der Waals surface area contributed by atoms with Crippen LogP contribution in [0.25, 0.3) is 11.3 Å². The molecule has 24 heavy (non-hydrogen) atoms. The Balaban J connectivity index is 1.80. The maximum absolute atomic E-state index is 11.6. The monoisotopic (exact) mass is 346 g/mol. The fourth-order valence-corrected chi connectivity index (χ4v) is 3.89. The van der Waals surface area contributed by atoms with E-state index < -0.39 is 10.0 Å². The average molecular weight is 346 g/mol. The number of rotatable bonds is 4. The zero-order valence-electron chi connectivity index (χ0n) is 13.7. The number of primary sulfonamides is 1. The van der Waals surface area contributed by atoms with E-state index in [1.807, 2.05) is 18.2 Å². The molecule has 1 aromatic heterocycles. The largest absolute Gasteiger partial charge is 0.366 e. The van der Waals surface area contributed by atoms with Crippen molar-refractivity contribution in [3.63, 3.8) is 0 Å². The summed E-state index contributed by atoms with van der Waals surface area (Å²) in [7, 11) is -3.75. The van der Waals surface area contributed by atoms with Crippen molar-refractivity contribution in [3.8, 4) is 11.3 Å². The van der Waals surface area contributed by atoms with Gasteiger partial charge in [-0.3, -0.25) is 0 Å². The van der Waals surface area contributed by atoms with Gasteiger partial charge in [0.05, 0.1) is 10.6 Å². The molecule has 3 rings (SSSR count). The van der Waals surface area contributed by atoms with Crippen LogP contribution in [0.15, 0.2) is 35.2 Å². The Morgan fingerprint density at radius 1 is 1.08 bits per heavy atom. The number of nitrogens with zero attached hydrogens (tertiary/aromatic N) is 2. The smallest absolute Gasteiger partial charge is 0.238 e. The number of aromatic nitrogens is 2. The van der Waals surface area contributed by atoms with Gasteiger partial charge < -0.3 is 5.32 Å². The summed E-state index contributed by atoms with van der Waals surface area (Å²) in [5, 5.41) is 17.1. The van der Waals surface area contributed by atoms with Crippen molar-refractivity contribution in [2.45, 2.75) is 50.0 Å². The molecule has 0 amide bonds. The topological polar surface area (TPSA) is 98.0 Å². The molecule has 2 aromatic rings. The molecule has 0 bridgehead atoms. The number of anilines is 1. The van der Waals surface area contributed by atoms with Gasteiger partial charge in [-0.1, -0.05) is 31.4 Å². The molecule has 0 spiro atoms. The molecule has 1 aliphatic rings. The van der Waals surface area contributed by atoms with E-state index in [9.17, 15) is 8.42 Å². The highest BCUT2D eigenvalue weighted by Gasteiger charge is 2.15. The Kier molecular flexibility index (Phi) is 4.82. The molecule has 1 aliphatic carbocycles. The van der Waals surface area contributed by atoms with E-state index >= 15 is 0 Å². The summed E-state index contributed by atoms with van der Waals surface area (Å²) >= 11 is 0. The van der Waals surface area contributed by atoms with Crippen molar-refractivity contribution in [2.75, 3.05) is 5.32 Å². The first kappa shape index (κ1) is 16.9. The highest BCUT2D eigenvalue weighted by molar-refractivity contribution is 7.89. The van der Waals surface area contributed by atoms with Crippen molar-refractivity contribution in [1.29, 1.82) is 0 Å². The van der Waals surface area contributed by atoms with Crippen LogP contribution >= 0.6 is 0 Å². The zero-order valence-corrected chi connectivity index (χ0v) is 14.5. The van der Waals surface area contributed by atoms with Crippen LogP contribution in [-0.2, 0) is 10.0 Å². The third kappa shape index (κ3) is 3.91. The Hall–Kier alpha value is -1.99. The lowest BCUT2D eigenvalue weighted by Gasteiger charge is -2.22. The first-order chi connectivity index (χ1) is 11.4. The molecule has 0 atom stereocenters. The molecular formula is C17H22N4O2S. The summed E-state index contributed by atoms with van der Waals surface area (Å²) in [4.78, 5) is 0.117. The lowest BCUT2D eigenvalue weighted by atomic mass is 9.95. The van der Waals surface area contributed by atoms with Gasteiger partial charge in [0.15, 0.2) is 0 Å². The maximum Gasteiger partial charge on any atom is 0.238 e. The molecule has 128 valence electrons. The molecule has 1 fully saturated rings. The van der Waals surface area contributed by atoms with E-state index in [1.54, 1.807) is 19.1 Å². The van der Waals surface area contributed by atoms with E-state index in [2.05, 4.69) is 15.5 Å². The van der Waals surface area contributed by atoms with Gasteiger partial charge in [-0.25, -0.2) is 13.6 Å². The Morgan fingerprint density at radius 2 is 1.83 bits per heavy atom. The minimum atomic E-state index is -3.75. The summed E-state index contributed by atoms with van der Waals surface area (Å²) in [6, 6.07) is 9.28. The third-order valence-electron chi connectivity index (χ3n) is 4.41. The summed E-state index contributed by atoms with van der Waals surface area (Å²) in [5.74, 6) is 0.754. The van der Waals surface area contributed by atoms with Crippen LogP contribution in [0, 0.1) is 6.92 Å². The fraction of sp³-hybridized carbons (Fsp3) is 0.412. The predicted octanol–water partition coefficient (Wildman–Crippen LogP) is 2.84. The first-order valence-corrected chi connectivity index (χ1v) is 9.72. The molecule has 0 unspecified atom stereocenters. The lowest BCUT2D eigenvalue weighted by molar-refractivity contribution is 0.461. The van der Waals surface area contributed by atoms with Crippen LogP contribution in [0.2, 0.25) is 0 Å². The SMILES string of the molecule is Cc1ccc(-c2ccc(NC3CCCCC3)nn2)cc1S(N)(=O)=O. The van der Waals surface area contributed by atoms with Crippen LogP contribution in [0.3, 0.4) is 0 Å². The first-order valence-electron chi connectivity index (χ1n) is 8.17. The quantitative estimate of drug-likeness (QED) is 0.887. The van der Waals surface area contributed by atoms with E-state index in [-0.39, 0.29) is 4.90 Å². The minimum Gasteiger partial charge on any atom is -0.366 e. The molecule has 1 saturated carbocycles. The summed E-state index contributed by atoms with van der Waals surface area (Å²) in [6.45, 7) is 1.71. The van der Waals surface area contributed by atoms with Gasteiger partial charge in [-0.15, -0.1) is 10.2 Å². The standard InChI is InChI=1S/C17H22N4O2S/c1-12-7-8-13(11-16(12)24(18,22)23)15-9-10-17(21-20-15)19-14-5-3-2-4-6-14/h7-11,14H,2-6H2,1H3,(H,19,21)(H2,18,22,23). The minimum absolute atomic E-state index is 0.117. The predicted molar refractivity (Wildman–Crippen MR) is 94.1 cm³/mol. The van der Waals surface area contributed by atoms with E-state index in [0.29, 0.717) is 22.9 Å². The number of aryl methyl sites for hydroxylation is 1. The Morgan fingerprint density at radius 3 is 2.46 bits per heavy atom. The number of sulfonamides is 1. The molecule has 3 N–H and O–H groups in total. The van der Waals surface area contributed by atoms with Crippen molar-refractivity contribution < 1.29 is 8.42 Å². The summed E-state index contributed by atoms with van der Waals surface area (Å²) in [6.07, 6.45) is 6.15. The molecular weight excluding hydrogens is 324 g/mol. The van der Waals surface area contributed by atoms with Gasteiger partial charge in [0.2, 0.25) is 10.0 Å². The van der Waals surface area contributed by atoms with Crippen molar-refractivity contribution in [1.82, 2.24) is 10.2 Å². The molecule has 7 heteroatoms. The third-order valence-corrected chi connectivity index (χ3v) is 5.47. The highest BCUT2D eigenvalue weighted by Crippen LogP contribution is 2.24. The van der Waals surface area contributed by atoms with Crippen molar-refractivity contribution >= 4 is 15.8 Å². The van der Waals surface area contributed by atoms with E-state index in [1.165, 1.54) is 32.1 Å². The summed E-state index contributed by atoms with van der Waals surface area (Å²) < 4.78 is 23.3.